The molecule has 0 saturated carbocycles. The van der Waals surface area contributed by atoms with Gasteiger partial charge in [0.25, 0.3) is 0 Å². The van der Waals surface area contributed by atoms with Crippen LogP contribution in [0.5, 0.6) is 0 Å². The van der Waals surface area contributed by atoms with Gasteiger partial charge in [0.05, 0.1) is 5.69 Å². The first-order valence-corrected chi connectivity index (χ1v) is 8.79. The van der Waals surface area contributed by atoms with Gasteiger partial charge in [-0.15, -0.1) is 11.8 Å². The van der Waals surface area contributed by atoms with Gasteiger partial charge in [0.15, 0.2) is 0 Å². The average molecular weight is 326 g/mol. The van der Waals surface area contributed by atoms with Crippen LogP contribution in [0.2, 0.25) is 0 Å². The minimum absolute atomic E-state index is 0.175. The normalized spacial score (nSPS) is 18.0. The summed E-state index contributed by atoms with van der Waals surface area (Å²) in [6, 6.07) is 18.6. The summed E-state index contributed by atoms with van der Waals surface area (Å²) in [5.74, 6) is 0.207. The van der Waals surface area contributed by atoms with E-state index < -0.39 is 0 Å². The Morgan fingerprint density at radius 3 is 2.52 bits per heavy atom. The minimum atomic E-state index is 0.175. The number of fused-ring (bicyclic) bond motifs is 1. The highest BCUT2D eigenvalue weighted by molar-refractivity contribution is 7.99. The molecule has 0 fully saturated rings. The summed E-state index contributed by atoms with van der Waals surface area (Å²) in [4.78, 5) is 18.1. The minimum Gasteiger partial charge on any atom is -0.310 e. The molecule has 3 nitrogen and oxygen atoms in total. The summed E-state index contributed by atoms with van der Waals surface area (Å²) in [7, 11) is 4.07. The molecule has 0 bridgehead atoms. The molecular formula is C19H22N2OS. The van der Waals surface area contributed by atoms with Crippen molar-refractivity contribution in [2.75, 3.05) is 32.1 Å². The first-order chi connectivity index (χ1) is 11.1. The quantitative estimate of drug-likeness (QED) is 0.853. The van der Waals surface area contributed by atoms with Gasteiger partial charge in [-0.2, -0.15) is 0 Å². The van der Waals surface area contributed by atoms with Gasteiger partial charge >= 0.3 is 0 Å². The van der Waals surface area contributed by atoms with Crippen molar-refractivity contribution < 1.29 is 4.79 Å². The number of nitrogens with zero attached hydrogens (tertiary/aromatic N) is 2. The molecule has 0 spiro atoms. The fraction of sp³-hybridized carbons (Fsp3) is 0.316. The van der Waals surface area contributed by atoms with Crippen LogP contribution >= 0.6 is 11.8 Å². The highest BCUT2D eigenvalue weighted by Crippen LogP contribution is 2.45. The van der Waals surface area contributed by atoms with Gasteiger partial charge in [-0.05, 0) is 31.8 Å². The number of amides is 1. The summed E-state index contributed by atoms with van der Waals surface area (Å²) in [5, 5.41) is 0.175. The van der Waals surface area contributed by atoms with E-state index in [0.717, 1.165) is 18.8 Å². The molecule has 23 heavy (non-hydrogen) atoms. The van der Waals surface area contributed by atoms with E-state index >= 15 is 0 Å². The van der Waals surface area contributed by atoms with Gasteiger partial charge < -0.3 is 9.80 Å². The van der Waals surface area contributed by atoms with Gasteiger partial charge in [0, 0.05) is 29.7 Å². The first kappa shape index (κ1) is 16.1. The van der Waals surface area contributed by atoms with Crippen LogP contribution in [0.15, 0.2) is 59.5 Å². The van der Waals surface area contributed by atoms with E-state index in [1.165, 1.54) is 10.5 Å². The molecule has 1 heterocycles. The number of hydrogen-bond donors (Lipinski definition) is 0. The second-order valence-electron chi connectivity index (χ2n) is 6.04. The van der Waals surface area contributed by atoms with Crippen molar-refractivity contribution in [3.05, 3.63) is 60.2 Å². The largest absolute Gasteiger partial charge is 0.310 e. The molecule has 1 aliphatic heterocycles. The first-order valence-electron chi connectivity index (χ1n) is 7.91. The molecule has 0 saturated heterocycles. The Bertz CT molecular complexity index is 672. The molecule has 1 aliphatic rings. The molecule has 1 amide bonds. The van der Waals surface area contributed by atoms with Crippen molar-refractivity contribution in [1.82, 2.24) is 4.90 Å². The number of thioether (sulfide) groups is 1. The summed E-state index contributed by atoms with van der Waals surface area (Å²) >= 11 is 1.80. The number of benzene rings is 2. The zero-order valence-electron chi connectivity index (χ0n) is 13.6. The standard InChI is InChI=1S/C19H22N2OS/c1-20(2)12-13-21-16-10-6-7-11-17(16)23-18(14-19(21)22)15-8-4-3-5-9-15/h3-11,18H,12-14H2,1-2H3. The lowest BCUT2D eigenvalue weighted by Gasteiger charge is -2.24. The number of carbonyl (C=O) groups is 1. The van der Waals surface area contributed by atoms with Gasteiger partial charge in [0.2, 0.25) is 5.91 Å². The summed E-state index contributed by atoms with van der Waals surface area (Å²) < 4.78 is 0. The molecule has 2 aromatic carbocycles. The molecule has 0 aromatic heterocycles. The number of rotatable bonds is 4. The van der Waals surface area contributed by atoms with Crippen molar-refractivity contribution in [1.29, 1.82) is 0 Å². The summed E-state index contributed by atoms with van der Waals surface area (Å²) in [5.41, 5.74) is 2.26. The van der Waals surface area contributed by atoms with E-state index in [4.69, 9.17) is 0 Å². The van der Waals surface area contributed by atoms with Crippen LogP contribution < -0.4 is 4.90 Å². The van der Waals surface area contributed by atoms with Gasteiger partial charge in [-0.25, -0.2) is 0 Å². The van der Waals surface area contributed by atoms with Crippen LogP contribution in [0.3, 0.4) is 0 Å². The lowest BCUT2D eigenvalue weighted by atomic mass is 10.1. The second kappa shape index (κ2) is 7.20. The topological polar surface area (TPSA) is 23.6 Å². The summed E-state index contributed by atoms with van der Waals surface area (Å²) in [6.07, 6.45) is 0.538. The number of hydrogen-bond acceptors (Lipinski definition) is 3. The van der Waals surface area contributed by atoms with Crippen LogP contribution in [-0.4, -0.2) is 38.0 Å². The lowest BCUT2D eigenvalue weighted by Crippen LogP contribution is -2.36. The van der Waals surface area contributed by atoms with E-state index in [9.17, 15) is 4.79 Å². The maximum atomic E-state index is 12.9. The molecule has 2 aromatic rings. The fourth-order valence-corrected chi connectivity index (χ4v) is 4.06. The third kappa shape index (κ3) is 3.77. The second-order valence-corrected chi connectivity index (χ2v) is 7.28. The SMILES string of the molecule is CN(C)CCN1C(=O)CC(c2ccccc2)Sc2ccccc21. The number of anilines is 1. The molecule has 3 rings (SSSR count). The van der Waals surface area contributed by atoms with Gasteiger partial charge in [-0.1, -0.05) is 42.5 Å². The Labute approximate surface area is 142 Å². The van der Waals surface area contributed by atoms with Crippen LogP contribution in [0.1, 0.15) is 17.2 Å². The maximum absolute atomic E-state index is 12.9. The Kier molecular flexibility index (Phi) is 5.03. The molecule has 0 aliphatic carbocycles. The van der Waals surface area contributed by atoms with E-state index in [1.807, 2.05) is 49.3 Å². The van der Waals surface area contributed by atoms with Crippen LogP contribution in [0.25, 0.3) is 0 Å². The summed E-state index contributed by atoms with van der Waals surface area (Å²) in [6.45, 7) is 1.59. The van der Waals surface area contributed by atoms with Crippen molar-refractivity contribution in [2.45, 2.75) is 16.6 Å². The number of likely N-dealkylation sites (N-methyl/N-ethyl adjacent to an activating group) is 1. The van der Waals surface area contributed by atoms with Crippen LogP contribution in [0, 0.1) is 0 Å². The molecule has 0 radical (unpaired) electrons. The maximum Gasteiger partial charge on any atom is 0.228 e. The third-order valence-corrected chi connectivity index (χ3v) is 5.35. The lowest BCUT2D eigenvalue weighted by molar-refractivity contribution is -0.118. The van der Waals surface area contributed by atoms with Crippen molar-refractivity contribution in [3.8, 4) is 0 Å². The van der Waals surface area contributed by atoms with E-state index in [0.29, 0.717) is 6.42 Å². The van der Waals surface area contributed by atoms with Crippen molar-refractivity contribution >= 4 is 23.4 Å². The Balaban J connectivity index is 1.93. The van der Waals surface area contributed by atoms with Crippen LogP contribution in [0.4, 0.5) is 5.69 Å². The van der Waals surface area contributed by atoms with E-state index in [1.54, 1.807) is 11.8 Å². The highest BCUT2D eigenvalue weighted by Gasteiger charge is 2.28. The number of carbonyl (C=O) groups excluding carboxylic acids is 1. The van der Waals surface area contributed by atoms with Gasteiger partial charge in [-0.3, -0.25) is 4.79 Å². The molecule has 1 unspecified atom stereocenters. The Morgan fingerprint density at radius 1 is 1.09 bits per heavy atom. The van der Waals surface area contributed by atoms with E-state index in [-0.39, 0.29) is 11.2 Å². The molecular weight excluding hydrogens is 304 g/mol. The predicted molar refractivity (Wildman–Crippen MR) is 97.0 cm³/mol. The fourth-order valence-electron chi connectivity index (χ4n) is 2.78. The molecule has 1 atom stereocenters. The monoisotopic (exact) mass is 326 g/mol. The smallest absolute Gasteiger partial charge is 0.228 e. The Morgan fingerprint density at radius 2 is 1.78 bits per heavy atom. The Hall–Kier alpha value is -1.78. The zero-order valence-corrected chi connectivity index (χ0v) is 14.4. The van der Waals surface area contributed by atoms with Crippen molar-refractivity contribution in [3.63, 3.8) is 0 Å². The van der Waals surface area contributed by atoms with Crippen LogP contribution in [-0.2, 0) is 4.79 Å². The van der Waals surface area contributed by atoms with Gasteiger partial charge in [0.1, 0.15) is 0 Å². The third-order valence-electron chi connectivity index (χ3n) is 4.03. The molecule has 4 heteroatoms. The highest BCUT2D eigenvalue weighted by atomic mass is 32.2. The molecule has 0 N–H and O–H groups in total. The number of para-hydroxylation sites is 1. The average Bonchev–Trinajstić information content (AvgIpc) is 2.70. The zero-order chi connectivity index (χ0) is 16.2. The molecule has 120 valence electrons. The van der Waals surface area contributed by atoms with E-state index in [2.05, 4.69) is 29.2 Å². The predicted octanol–water partition coefficient (Wildman–Crippen LogP) is 3.82. The van der Waals surface area contributed by atoms with Crippen molar-refractivity contribution in [2.24, 2.45) is 0 Å².